The lowest BCUT2D eigenvalue weighted by atomic mass is 9.77. The molecule has 10 heteroatoms. The lowest BCUT2D eigenvalue weighted by molar-refractivity contribution is -0.384. The van der Waals surface area contributed by atoms with Gasteiger partial charge in [0, 0.05) is 51.6 Å². The van der Waals surface area contributed by atoms with Gasteiger partial charge in [0.15, 0.2) is 17.7 Å². The molecule has 0 saturated heterocycles. The van der Waals surface area contributed by atoms with E-state index in [2.05, 4.69) is 0 Å². The molecule has 3 aromatic rings. The molecule has 1 aliphatic heterocycles. The second-order valence-electron chi connectivity index (χ2n) is 8.97. The molecule has 0 fully saturated rings. The predicted molar refractivity (Wildman–Crippen MR) is 135 cm³/mol. The van der Waals surface area contributed by atoms with Crippen molar-refractivity contribution in [3.8, 4) is 11.5 Å². The number of fused-ring (bicyclic) bond motifs is 2. The Hall–Kier alpha value is -4.57. The van der Waals surface area contributed by atoms with Gasteiger partial charge in [0.05, 0.1) is 25.2 Å². The van der Waals surface area contributed by atoms with Crippen LogP contribution in [0.2, 0.25) is 0 Å². The quantitative estimate of drug-likeness (QED) is 0.266. The van der Waals surface area contributed by atoms with Crippen LogP contribution in [0, 0.1) is 10.1 Å². The smallest absolute Gasteiger partial charge is 0.335 e. The third kappa shape index (κ3) is 4.18. The zero-order chi connectivity index (χ0) is 27.1. The van der Waals surface area contributed by atoms with Crippen molar-refractivity contribution < 1.29 is 38.3 Å². The maximum Gasteiger partial charge on any atom is 0.335 e. The third-order valence-electron chi connectivity index (χ3n) is 6.80. The highest BCUT2D eigenvalue weighted by atomic mass is 16.6. The van der Waals surface area contributed by atoms with Gasteiger partial charge in [-0.05, 0) is 48.9 Å². The first-order valence-electron chi connectivity index (χ1n) is 11.8. The van der Waals surface area contributed by atoms with Crippen molar-refractivity contribution >= 4 is 34.0 Å². The van der Waals surface area contributed by atoms with Gasteiger partial charge in [0.2, 0.25) is 0 Å². The van der Waals surface area contributed by atoms with Gasteiger partial charge in [-0.1, -0.05) is 0 Å². The van der Waals surface area contributed by atoms with E-state index in [9.17, 15) is 24.5 Å². The summed E-state index contributed by atoms with van der Waals surface area (Å²) in [6.45, 7) is 1.49. The molecule has 10 nitrogen and oxygen atoms in total. The van der Waals surface area contributed by atoms with Gasteiger partial charge in [-0.15, -0.1) is 0 Å². The molecule has 3 aromatic carbocycles. The van der Waals surface area contributed by atoms with Crippen LogP contribution in [0.4, 0.5) is 5.69 Å². The van der Waals surface area contributed by atoms with E-state index in [4.69, 9.17) is 18.9 Å². The Labute approximate surface area is 216 Å². The largest absolute Gasteiger partial charge is 0.496 e. The molecule has 0 spiro atoms. The predicted octanol–water partition coefficient (Wildman–Crippen LogP) is 4.36. The molecule has 0 aromatic heterocycles. The van der Waals surface area contributed by atoms with Gasteiger partial charge in [-0.2, -0.15) is 0 Å². The molecule has 2 atom stereocenters. The number of hydrogen-bond donors (Lipinski definition) is 0. The van der Waals surface area contributed by atoms with Crippen molar-refractivity contribution in [2.75, 3.05) is 14.2 Å². The summed E-state index contributed by atoms with van der Waals surface area (Å²) in [4.78, 5) is 50.3. The molecular weight excluding hydrogens is 494 g/mol. The zero-order valence-corrected chi connectivity index (χ0v) is 20.8. The first-order chi connectivity index (χ1) is 18.2. The van der Waals surface area contributed by atoms with Crippen LogP contribution in [-0.2, 0) is 20.9 Å². The maximum atomic E-state index is 13.6. The molecule has 0 unspecified atom stereocenters. The molecule has 5 rings (SSSR count). The minimum atomic E-state index is -1.09. The van der Waals surface area contributed by atoms with Gasteiger partial charge < -0.3 is 18.9 Å². The number of nitrogens with zero attached hydrogens (tertiary/aromatic N) is 1. The number of ether oxygens (including phenoxy) is 4. The van der Waals surface area contributed by atoms with Crippen LogP contribution in [0.3, 0.4) is 0 Å². The zero-order valence-electron chi connectivity index (χ0n) is 20.8. The summed E-state index contributed by atoms with van der Waals surface area (Å²) >= 11 is 0. The topological polar surface area (TPSA) is 131 Å². The number of hydrogen-bond acceptors (Lipinski definition) is 9. The molecular formula is C28H23NO9. The molecule has 2 aliphatic rings. The second-order valence-corrected chi connectivity index (χ2v) is 8.97. The van der Waals surface area contributed by atoms with Gasteiger partial charge in [0.1, 0.15) is 18.1 Å². The number of carbonyl (C=O) groups is 3. The summed E-state index contributed by atoms with van der Waals surface area (Å²) in [6, 6.07) is 12.3. The molecule has 0 amide bonds. The number of Topliss-reactive ketones (excluding diaryl/α,β-unsaturated/α-hetero) is 2. The monoisotopic (exact) mass is 517 g/mol. The van der Waals surface area contributed by atoms with Crippen molar-refractivity contribution in [3.63, 3.8) is 0 Å². The Kier molecular flexibility index (Phi) is 6.41. The lowest BCUT2D eigenvalue weighted by Gasteiger charge is -2.33. The van der Waals surface area contributed by atoms with E-state index >= 15 is 0 Å². The molecule has 1 heterocycles. The average Bonchev–Trinajstić information content (AvgIpc) is 2.92. The van der Waals surface area contributed by atoms with Crippen LogP contribution in [0.1, 0.15) is 39.6 Å². The van der Waals surface area contributed by atoms with Crippen LogP contribution >= 0.6 is 0 Å². The molecule has 0 saturated carbocycles. The summed E-state index contributed by atoms with van der Waals surface area (Å²) in [5.74, 6) is -0.335. The fraction of sp³-hybridized carbons (Fsp3) is 0.250. The first kappa shape index (κ1) is 25.1. The highest BCUT2D eigenvalue weighted by Crippen LogP contribution is 2.41. The SMILES string of the molecule is COc1ccc(OC)c2cc3c(cc12)C(=O)C1=C(C3=O)[C@H](C)O[C@H](C(=O)OCc2ccc([N+](=O)[O-])cc2)C1. The molecule has 0 radical (unpaired) electrons. The van der Waals surface area contributed by atoms with Crippen molar-refractivity contribution in [1.82, 2.24) is 0 Å². The van der Waals surface area contributed by atoms with Gasteiger partial charge >= 0.3 is 5.97 Å². The number of nitro benzene ring substituents is 1. The minimum absolute atomic E-state index is 0.0754. The van der Waals surface area contributed by atoms with E-state index in [1.165, 1.54) is 38.5 Å². The number of benzene rings is 3. The van der Waals surface area contributed by atoms with Crippen LogP contribution in [0.5, 0.6) is 11.5 Å². The van der Waals surface area contributed by atoms with Crippen LogP contribution in [0.25, 0.3) is 10.8 Å². The Morgan fingerprint density at radius 1 is 0.974 bits per heavy atom. The summed E-state index contributed by atoms with van der Waals surface area (Å²) in [6.07, 6.45) is -2.02. The van der Waals surface area contributed by atoms with Crippen LogP contribution in [-0.4, -0.2) is 48.9 Å². The van der Waals surface area contributed by atoms with Gasteiger partial charge in [-0.25, -0.2) is 4.79 Å². The van der Waals surface area contributed by atoms with E-state index in [1.54, 1.807) is 31.2 Å². The summed E-state index contributed by atoms with van der Waals surface area (Å²) < 4.78 is 22.1. The Bertz CT molecular complexity index is 1540. The van der Waals surface area contributed by atoms with E-state index in [-0.39, 0.29) is 52.6 Å². The Morgan fingerprint density at radius 3 is 2.11 bits per heavy atom. The minimum Gasteiger partial charge on any atom is -0.496 e. The Balaban J connectivity index is 1.42. The van der Waals surface area contributed by atoms with Crippen molar-refractivity contribution in [3.05, 3.63) is 86.5 Å². The van der Waals surface area contributed by atoms with Crippen molar-refractivity contribution in [2.45, 2.75) is 32.2 Å². The van der Waals surface area contributed by atoms with Crippen molar-refractivity contribution in [1.29, 1.82) is 0 Å². The van der Waals surface area contributed by atoms with Crippen LogP contribution < -0.4 is 9.47 Å². The maximum absolute atomic E-state index is 13.6. The lowest BCUT2D eigenvalue weighted by Crippen LogP contribution is -2.41. The number of ketones is 2. The fourth-order valence-corrected chi connectivity index (χ4v) is 4.92. The van der Waals surface area contributed by atoms with Gasteiger partial charge in [-0.3, -0.25) is 19.7 Å². The number of esters is 1. The number of nitro groups is 1. The van der Waals surface area contributed by atoms with Crippen molar-refractivity contribution in [2.24, 2.45) is 0 Å². The van der Waals surface area contributed by atoms with Crippen LogP contribution in [0.15, 0.2) is 59.7 Å². The summed E-state index contributed by atoms with van der Waals surface area (Å²) in [7, 11) is 3.04. The standard InChI is InChI=1S/C28H23NO9/c1-14-25-21(12-24(38-14)28(32)37-13-15-4-6-16(7-5-15)29(33)34)26(30)19-10-17-18(11-20(19)27(25)31)23(36-3)9-8-22(17)35-2/h4-11,14,24H,12-13H2,1-3H3/t14-,24-/m0/s1. The van der Waals surface area contributed by atoms with Gasteiger partial charge in [0.25, 0.3) is 5.69 Å². The number of carbonyl (C=O) groups excluding carboxylic acids is 3. The molecule has 0 bridgehead atoms. The third-order valence-corrected chi connectivity index (χ3v) is 6.80. The highest BCUT2D eigenvalue weighted by molar-refractivity contribution is 6.29. The molecule has 0 N–H and O–H groups in total. The summed E-state index contributed by atoms with van der Waals surface area (Å²) in [5.41, 5.74) is 1.39. The molecule has 38 heavy (non-hydrogen) atoms. The number of non-ortho nitro benzene ring substituents is 1. The normalized spacial score (nSPS) is 18.6. The average molecular weight is 517 g/mol. The molecule has 194 valence electrons. The van der Waals surface area contributed by atoms with E-state index in [1.807, 2.05) is 0 Å². The summed E-state index contributed by atoms with van der Waals surface area (Å²) in [5, 5.41) is 12.1. The molecule has 1 aliphatic carbocycles. The number of rotatable bonds is 6. The Morgan fingerprint density at radius 2 is 1.55 bits per heavy atom. The van der Waals surface area contributed by atoms with E-state index in [0.717, 1.165) is 0 Å². The fourth-order valence-electron chi connectivity index (χ4n) is 4.92. The highest BCUT2D eigenvalue weighted by Gasteiger charge is 2.42. The number of methoxy groups -OCH3 is 2. The second kappa shape index (κ2) is 9.71. The van der Waals surface area contributed by atoms with E-state index in [0.29, 0.717) is 27.8 Å². The van der Waals surface area contributed by atoms with E-state index < -0.39 is 23.1 Å². The first-order valence-corrected chi connectivity index (χ1v) is 11.8.